The molecule has 0 saturated carbocycles. The number of benzene rings is 2. The van der Waals surface area contributed by atoms with Crippen molar-refractivity contribution >= 4 is 5.91 Å². The van der Waals surface area contributed by atoms with Gasteiger partial charge < -0.3 is 5.32 Å². The van der Waals surface area contributed by atoms with Crippen molar-refractivity contribution in [2.24, 2.45) is 0 Å². The van der Waals surface area contributed by atoms with Crippen LogP contribution in [0.5, 0.6) is 0 Å². The number of hydrogen-bond donors (Lipinski definition) is 1. The molecule has 1 atom stereocenters. The Morgan fingerprint density at radius 1 is 1.15 bits per heavy atom. The zero-order chi connectivity index (χ0) is 18.6. The zero-order valence-corrected chi connectivity index (χ0v) is 15.5. The lowest BCUT2D eigenvalue weighted by Crippen LogP contribution is -2.55. The van der Waals surface area contributed by atoms with E-state index in [9.17, 15) is 4.79 Å². The number of nitrogens with one attached hydrogen (secondary N) is 1. The van der Waals surface area contributed by atoms with E-state index in [1.165, 1.54) is 16.7 Å². The van der Waals surface area contributed by atoms with Gasteiger partial charge in [0, 0.05) is 32.0 Å². The van der Waals surface area contributed by atoms with E-state index in [1.807, 2.05) is 35.1 Å². The van der Waals surface area contributed by atoms with Crippen molar-refractivity contribution < 1.29 is 4.79 Å². The second kappa shape index (κ2) is 7.76. The summed E-state index contributed by atoms with van der Waals surface area (Å²) < 4.78 is 1.89. The van der Waals surface area contributed by atoms with Crippen LogP contribution in [0.15, 0.2) is 67.0 Å². The molecule has 1 aliphatic heterocycles. The molecule has 3 aromatic rings. The van der Waals surface area contributed by atoms with Crippen LogP contribution in [0.4, 0.5) is 0 Å². The van der Waals surface area contributed by atoms with E-state index in [2.05, 4.69) is 52.6 Å². The summed E-state index contributed by atoms with van der Waals surface area (Å²) >= 11 is 0. The summed E-state index contributed by atoms with van der Waals surface area (Å²) in [5, 5.41) is 7.41. The van der Waals surface area contributed by atoms with Crippen LogP contribution in [-0.2, 0) is 17.8 Å². The third-order valence-corrected chi connectivity index (χ3v) is 5.07. The van der Waals surface area contributed by atoms with Crippen LogP contribution in [0.25, 0.3) is 5.69 Å². The highest BCUT2D eigenvalue weighted by molar-refractivity contribution is 5.82. The molecule has 4 rings (SSSR count). The number of aromatic nitrogens is 2. The van der Waals surface area contributed by atoms with Gasteiger partial charge in [-0.05, 0) is 36.6 Å². The molecule has 0 radical (unpaired) electrons. The van der Waals surface area contributed by atoms with Crippen molar-refractivity contribution in [2.75, 3.05) is 13.1 Å². The fourth-order valence-corrected chi connectivity index (χ4v) is 3.71. The molecule has 1 fully saturated rings. The van der Waals surface area contributed by atoms with Gasteiger partial charge in [0.15, 0.2) is 0 Å². The molecule has 1 amide bonds. The van der Waals surface area contributed by atoms with Crippen LogP contribution in [0, 0.1) is 6.92 Å². The molecule has 0 unspecified atom stereocenters. The van der Waals surface area contributed by atoms with Crippen LogP contribution in [0.2, 0.25) is 0 Å². The monoisotopic (exact) mass is 360 g/mol. The molecule has 2 aromatic carbocycles. The van der Waals surface area contributed by atoms with Crippen molar-refractivity contribution in [3.63, 3.8) is 0 Å². The summed E-state index contributed by atoms with van der Waals surface area (Å²) in [7, 11) is 0. The number of carbonyl (C=O) groups is 1. The van der Waals surface area contributed by atoms with Gasteiger partial charge in [-0.3, -0.25) is 9.69 Å². The molecule has 0 aliphatic carbocycles. The van der Waals surface area contributed by atoms with E-state index in [-0.39, 0.29) is 11.9 Å². The first kappa shape index (κ1) is 17.5. The number of amides is 1. The zero-order valence-electron chi connectivity index (χ0n) is 15.5. The summed E-state index contributed by atoms with van der Waals surface area (Å²) in [5.41, 5.74) is 4.64. The molecule has 0 bridgehead atoms. The van der Waals surface area contributed by atoms with Gasteiger partial charge >= 0.3 is 0 Å². The van der Waals surface area contributed by atoms with E-state index in [1.54, 1.807) is 6.20 Å². The maximum absolute atomic E-state index is 12.6. The van der Waals surface area contributed by atoms with Crippen LogP contribution in [-0.4, -0.2) is 39.7 Å². The Hall–Kier alpha value is -2.92. The van der Waals surface area contributed by atoms with Gasteiger partial charge in [-0.1, -0.05) is 48.0 Å². The second-order valence-electron chi connectivity index (χ2n) is 7.05. The van der Waals surface area contributed by atoms with Crippen molar-refractivity contribution in [2.45, 2.75) is 25.9 Å². The van der Waals surface area contributed by atoms with Gasteiger partial charge in [-0.15, -0.1) is 0 Å². The van der Waals surface area contributed by atoms with E-state index >= 15 is 0 Å². The van der Waals surface area contributed by atoms with E-state index in [0.717, 1.165) is 25.2 Å². The van der Waals surface area contributed by atoms with Crippen molar-refractivity contribution in [1.29, 1.82) is 0 Å². The highest BCUT2D eigenvalue weighted by Gasteiger charge is 2.30. The maximum atomic E-state index is 12.6. The summed E-state index contributed by atoms with van der Waals surface area (Å²) in [5.74, 6) is 0.110. The molecule has 2 heterocycles. The Bertz CT molecular complexity index is 905. The number of aryl methyl sites for hydroxylation is 1. The van der Waals surface area contributed by atoms with Gasteiger partial charge in [0.05, 0.1) is 11.7 Å². The predicted octanol–water partition coefficient (Wildman–Crippen LogP) is 2.72. The van der Waals surface area contributed by atoms with Gasteiger partial charge in [0.2, 0.25) is 5.91 Å². The first-order chi connectivity index (χ1) is 13.2. The molecule has 5 heteroatoms. The summed E-state index contributed by atoms with van der Waals surface area (Å²) in [6, 6.07) is 18.4. The summed E-state index contributed by atoms with van der Waals surface area (Å²) in [6.45, 7) is 4.35. The van der Waals surface area contributed by atoms with Crippen LogP contribution < -0.4 is 5.32 Å². The normalized spacial score (nSPS) is 17.7. The first-order valence-electron chi connectivity index (χ1n) is 9.36. The third kappa shape index (κ3) is 3.93. The molecule has 27 heavy (non-hydrogen) atoms. The smallest absolute Gasteiger partial charge is 0.237 e. The van der Waals surface area contributed by atoms with E-state index in [4.69, 9.17) is 0 Å². The van der Waals surface area contributed by atoms with Crippen molar-refractivity contribution in [1.82, 2.24) is 20.0 Å². The standard InChI is InChI=1S/C22H24N4O/c1-17-8-9-20(26-12-5-10-24-26)19(14-17)16-25-13-11-23-22(27)21(25)15-18-6-3-2-4-7-18/h2-10,12,14,21H,11,13,15-16H2,1H3,(H,23,27)/t21-/m0/s1. The molecule has 5 nitrogen and oxygen atoms in total. The third-order valence-electron chi connectivity index (χ3n) is 5.07. The van der Waals surface area contributed by atoms with Crippen LogP contribution in [0.1, 0.15) is 16.7 Å². The van der Waals surface area contributed by atoms with Gasteiger partial charge in [-0.25, -0.2) is 4.68 Å². The van der Waals surface area contributed by atoms with Crippen molar-refractivity contribution in [3.8, 4) is 5.69 Å². The molecule has 1 aliphatic rings. The quantitative estimate of drug-likeness (QED) is 0.761. The topological polar surface area (TPSA) is 50.2 Å². The predicted molar refractivity (Wildman–Crippen MR) is 106 cm³/mol. The highest BCUT2D eigenvalue weighted by atomic mass is 16.2. The molecule has 1 N–H and O–H groups in total. The summed E-state index contributed by atoms with van der Waals surface area (Å²) in [4.78, 5) is 14.9. The first-order valence-corrected chi connectivity index (χ1v) is 9.36. The van der Waals surface area contributed by atoms with Gasteiger partial charge in [0.25, 0.3) is 0 Å². The van der Waals surface area contributed by atoms with Crippen molar-refractivity contribution in [3.05, 3.63) is 83.7 Å². The number of nitrogens with zero attached hydrogens (tertiary/aromatic N) is 3. The minimum absolute atomic E-state index is 0.110. The maximum Gasteiger partial charge on any atom is 0.237 e. The lowest BCUT2D eigenvalue weighted by Gasteiger charge is -2.35. The highest BCUT2D eigenvalue weighted by Crippen LogP contribution is 2.21. The fourth-order valence-electron chi connectivity index (χ4n) is 3.71. The van der Waals surface area contributed by atoms with Crippen LogP contribution in [0.3, 0.4) is 0 Å². The SMILES string of the molecule is Cc1ccc(-n2cccn2)c(CN2CCNC(=O)[C@@H]2Cc2ccccc2)c1. The Morgan fingerprint density at radius 2 is 2.00 bits per heavy atom. The lowest BCUT2D eigenvalue weighted by atomic mass is 10.0. The largest absolute Gasteiger partial charge is 0.353 e. The average molecular weight is 360 g/mol. The Labute approximate surface area is 159 Å². The fraction of sp³-hybridized carbons (Fsp3) is 0.273. The number of hydrogen-bond acceptors (Lipinski definition) is 3. The molecular formula is C22H24N4O. The molecule has 1 saturated heterocycles. The Balaban J connectivity index is 1.62. The number of piperazine rings is 1. The molecule has 1 aromatic heterocycles. The Kier molecular flexibility index (Phi) is 5.03. The molecule has 0 spiro atoms. The minimum atomic E-state index is -0.160. The summed E-state index contributed by atoms with van der Waals surface area (Å²) in [6.07, 6.45) is 4.46. The lowest BCUT2D eigenvalue weighted by molar-refractivity contribution is -0.129. The van der Waals surface area contributed by atoms with E-state index in [0.29, 0.717) is 6.54 Å². The minimum Gasteiger partial charge on any atom is -0.353 e. The second-order valence-corrected chi connectivity index (χ2v) is 7.05. The van der Waals surface area contributed by atoms with Crippen LogP contribution >= 0.6 is 0 Å². The van der Waals surface area contributed by atoms with Gasteiger partial charge in [0.1, 0.15) is 0 Å². The number of carbonyl (C=O) groups excluding carboxylic acids is 1. The molecule has 138 valence electrons. The van der Waals surface area contributed by atoms with E-state index < -0.39 is 0 Å². The average Bonchev–Trinajstić information content (AvgIpc) is 3.20. The van der Waals surface area contributed by atoms with Gasteiger partial charge in [-0.2, -0.15) is 5.10 Å². The Morgan fingerprint density at radius 3 is 2.78 bits per heavy atom. The molecular weight excluding hydrogens is 336 g/mol. The number of rotatable bonds is 5.